The van der Waals surface area contributed by atoms with E-state index in [9.17, 15) is 14.9 Å². The first-order valence-electron chi connectivity index (χ1n) is 7.52. The van der Waals surface area contributed by atoms with Crippen LogP contribution < -0.4 is 0 Å². The lowest BCUT2D eigenvalue weighted by Crippen LogP contribution is -2.11. The zero-order chi connectivity index (χ0) is 18.7. The molecule has 0 amide bonds. The number of carbonyl (C=O) groups is 1. The number of ether oxygens (including phenoxy) is 1. The number of hydrogen-bond donors (Lipinski definition) is 0. The Morgan fingerprint density at radius 3 is 2.54 bits per heavy atom. The number of carbonyl (C=O) groups excluding carboxylic acids is 1. The maximum Gasteiger partial charge on any atom is 0.359 e. The van der Waals surface area contributed by atoms with Crippen molar-refractivity contribution in [2.24, 2.45) is 0 Å². The molecule has 0 fully saturated rings. The third-order valence-electron chi connectivity index (χ3n) is 3.39. The van der Waals surface area contributed by atoms with Crippen molar-refractivity contribution in [1.82, 2.24) is 20.2 Å². The van der Waals surface area contributed by atoms with Crippen molar-refractivity contribution in [3.8, 4) is 11.5 Å². The van der Waals surface area contributed by atoms with Gasteiger partial charge in [-0.25, -0.2) is 9.78 Å². The molecule has 26 heavy (non-hydrogen) atoms. The number of esters is 1. The molecule has 0 aliphatic rings. The monoisotopic (exact) mass is 355 g/mol. The van der Waals surface area contributed by atoms with Gasteiger partial charge in [0.25, 0.3) is 11.6 Å². The molecule has 0 spiro atoms. The molecular weight excluding hydrogens is 342 g/mol. The summed E-state index contributed by atoms with van der Waals surface area (Å²) in [4.78, 5) is 30.1. The average molecular weight is 355 g/mol. The van der Waals surface area contributed by atoms with E-state index in [2.05, 4.69) is 20.2 Å². The van der Waals surface area contributed by atoms with Crippen LogP contribution in [-0.2, 0) is 4.74 Å². The van der Waals surface area contributed by atoms with E-state index < -0.39 is 17.0 Å². The normalized spacial score (nSPS) is 11.8. The summed E-state index contributed by atoms with van der Waals surface area (Å²) in [6.07, 6.45) is 1.98. The van der Waals surface area contributed by atoms with E-state index in [1.165, 1.54) is 36.7 Å². The summed E-state index contributed by atoms with van der Waals surface area (Å²) < 4.78 is 10.7. The molecule has 0 bridgehead atoms. The molecule has 0 unspecified atom stereocenters. The van der Waals surface area contributed by atoms with Gasteiger partial charge in [0, 0.05) is 23.9 Å². The van der Waals surface area contributed by atoms with Crippen LogP contribution in [0.4, 0.5) is 5.69 Å². The Bertz CT molecular complexity index is 936. The maximum absolute atomic E-state index is 12.0. The Morgan fingerprint density at radius 1 is 1.19 bits per heavy atom. The Labute approximate surface area is 147 Å². The molecule has 2 heterocycles. The summed E-state index contributed by atoms with van der Waals surface area (Å²) in [6.45, 7) is 3.33. The van der Waals surface area contributed by atoms with E-state index >= 15 is 0 Å². The van der Waals surface area contributed by atoms with Crippen LogP contribution in [0.25, 0.3) is 11.5 Å². The lowest BCUT2D eigenvalue weighted by Gasteiger charge is -2.08. The predicted molar refractivity (Wildman–Crippen MR) is 87.0 cm³/mol. The molecule has 0 saturated carbocycles. The molecule has 2 aromatic heterocycles. The first kappa shape index (κ1) is 17.1. The van der Waals surface area contributed by atoms with Crippen LogP contribution in [0.15, 0.2) is 41.1 Å². The second-order valence-electron chi connectivity index (χ2n) is 5.34. The highest BCUT2D eigenvalue weighted by molar-refractivity contribution is 5.86. The Kier molecular flexibility index (Phi) is 4.65. The van der Waals surface area contributed by atoms with Gasteiger partial charge in [-0.1, -0.05) is 0 Å². The van der Waals surface area contributed by atoms with Crippen molar-refractivity contribution in [2.45, 2.75) is 20.0 Å². The van der Waals surface area contributed by atoms with Crippen LogP contribution in [0, 0.1) is 17.0 Å². The first-order valence-corrected chi connectivity index (χ1v) is 7.52. The maximum atomic E-state index is 12.0. The second-order valence-corrected chi connectivity index (χ2v) is 5.34. The third-order valence-corrected chi connectivity index (χ3v) is 3.39. The zero-order valence-corrected chi connectivity index (χ0v) is 13.8. The van der Waals surface area contributed by atoms with Gasteiger partial charge in [-0.2, -0.15) is 0 Å². The SMILES string of the molecule is Cc1cnc(C(=O)O[C@H](C)c2nnc(-c3ccc([N+](=O)[O-])cc3)o2)cn1. The van der Waals surface area contributed by atoms with E-state index in [4.69, 9.17) is 9.15 Å². The van der Waals surface area contributed by atoms with Crippen LogP contribution in [0.2, 0.25) is 0 Å². The molecule has 0 saturated heterocycles. The van der Waals surface area contributed by atoms with Gasteiger partial charge in [0.05, 0.1) is 16.8 Å². The molecule has 3 aromatic rings. The molecule has 0 aliphatic heterocycles. The summed E-state index contributed by atoms with van der Waals surface area (Å²) in [5, 5.41) is 18.4. The number of nitro benzene ring substituents is 1. The lowest BCUT2D eigenvalue weighted by molar-refractivity contribution is -0.384. The predicted octanol–water partition coefficient (Wildman–Crippen LogP) is 2.66. The van der Waals surface area contributed by atoms with Crippen molar-refractivity contribution in [3.63, 3.8) is 0 Å². The Hall–Kier alpha value is -3.69. The van der Waals surface area contributed by atoms with E-state index in [1.807, 2.05) is 0 Å². The highest BCUT2D eigenvalue weighted by atomic mass is 16.6. The van der Waals surface area contributed by atoms with Gasteiger partial charge in [0.15, 0.2) is 11.8 Å². The van der Waals surface area contributed by atoms with Crippen LogP contribution >= 0.6 is 0 Å². The summed E-state index contributed by atoms with van der Waals surface area (Å²) in [5.74, 6) is -0.417. The number of hydrogen-bond acceptors (Lipinski definition) is 9. The fraction of sp³-hybridized carbons (Fsp3) is 0.188. The molecule has 1 aromatic carbocycles. The minimum atomic E-state index is -0.801. The minimum absolute atomic E-state index is 0.0463. The Morgan fingerprint density at radius 2 is 1.92 bits per heavy atom. The number of non-ortho nitro benzene ring substituents is 1. The van der Waals surface area contributed by atoms with Crippen molar-refractivity contribution >= 4 is 11.7 Å². The smallest absolute Gasteiger partial charge is 0.359 e. The van der Waals surface area contributed by atoms with Gasteiger partial charge in [0.2, 0.25) is 5.89 Å². The summed E-state index contributed by atoms with van der Waals surface area (Å²) >= 11 is 0. The van der Waals surface area contributed by atoms with Crippen molar-refractivity contribution < 1.29 is 18.9 Å². The van der Waals surface area contributed by atoms with Gasteiger partial charge >= 0.3 is 5.97 Å². The molecule has 0 N–H and O–H groups in total. The van der Waals surface area contributed by atoms with Gasteiger partial charge in [-0.3, -0.25) is 15.1 Å². The molecule has 1 atom stereocenters. The molecule has 0 aliphatic carbocycles. The largest absolute Gasteiger partial charge is 0.448 e. The van der Waals surface area contributed by atoms with E-state index in [-0.39, 0.29) is 23.2 Å². The standard InChI is InChI=1S/C16H13N5O5/c1-9-7-18-13(8-17-9)16(22)25-10(2)14-19-20-15(26-14)11-3-5-12(6-4-11)21(23)24/h3-8,10H,1-2H3/t10-/m1/s1. The Balaban J connectivity index is 1.71. The number of nitrogens with zero attached hydrogens (tertiary/aromatic N) is 5. The number of aryl methyl sites for hydroxylation is 1. The number of rotatable bonds is 5. The van der Waals surface area contributed by atoms with Gasteiger partial charge in [-0.05, 0) is 26.0 Å². The van der Waals surface area contributed by atoms with Crippen molar-refractivity contribution in [1.29, 1.82) is 0 Å². The topological polar surface area (TPSA) is 134 Å². The molecule has 3 rings (SSSR count). The lowest BCUT2D eigenvalue weighted by atomic mass is 10.2. The quantitative estimate of drug-likeness (QED) is 0.384. The zero-order valence-electron chi connectivity index (χ0n) is 13.8. The highest BCUT2D eigenvalue weighted by Gasteiger charge is 2.21. The van der Waals surface area contributed by atoms with Crippen LogP contribution in [0.5, 0.6) is 0 Å². The van der Waals surface area contributed by atoms with Gasteiger partial charge < -0.3 is 9.15 Å². The fourth-order valence-corrected chi connectivity index (χ4v) is 2.01. The van der Waals surface area contributed by atoms with E-state index in [1.54, 1.807) is 13.8 Å². The molecule has 0 radical (unpaired) electrons. The molecule has 10 nitrogen and oxygen atoms in total. The average Bonchev–Trinajstić information content (AvgIpc) is 3.12. The van der Waals surface area contributed by atoms with E-state index in [0.29, 0.717) is 11.3 Å². The summed E-state index contributed by atoms with van der Waals surface area (Å²) in [7, 11) is 0. The highest BCUT2D eigenvalue weighted by Crippen LogP contribution is 2.24. The fourth-order valence-electron chi connectivity index (χ4n) is 2.01. The molecule has 10 heteroatoms. The van der Waals surface area contributed by atoms with E-state index in [0.717, 1.165) is 0 Å². The number of aromatic nitrogens is 4. The van der Waals surface area contributed by atoms with Gasteiger partial charge in [0.1, 0.15) is 0 Å². The third kappa shape index (κ3) is 3.69. The summed E-state index contributed by atoms with van der Waals surface area (Å²) in [5.41, 5.74) is 1.21. The molecule has 132 valence electrons. The van der Waals surface area contributed by atoms with Crippen molar-refractivity contribution in [2.75, 3.05) is 0 Å². The van der Waals surface area contributed by atoms with Crippen LogP contribution in [-0.4, -0.2) is 31.1 Å². The van der Waals surface area contributed by atoms with Crippen LogP contribution in [0.1, 0.15) is 35.1 Å². The van der Waals surface area contributed by atoms with Crippen LogP contribution in [0.3, 0.4) is 0 Å². The second kappa shape index (κ2) is 7.05. The first-order chi connectivity index (χ1) is 12.4. The summed E-state index contributed by atoms with van der Waals surface area (Å²) in [6, 6.07) is 5.65. The molecular formula is C16H13N5O5. The van der Waals surface area contributed by atoms with Gasteiger partial charge in [-0.15, -0.1) is 10.2 Å². The van der Waals surface area contributed by atoms with Crippen molar-refractivity contribution in [3.05, 3.63) is 64.1 Å². The number of benzene rings is 1. The number of nitro groups is 1. The minimum Gasteiger partial charge on any atom is -0.448 e.